The molecule has 62 valence electrons. The summed E-state index contributed by atoms with van der Waals surface area (Å²) in [5.41, 5.74) is 0. The van der Waals surface area contributed by atoms with Gasteiger partial charge in [0.05, 0.1) is 17.8 Å². The van der Waals surface area contributed by atoms with Gasteiger partial charge < -0.3 is 4.74 Å². The molecule has 0 N–H and O–H groups in total. The molecule has 0 aromatic carbocycles. The summed E-state index contributed by atoms with van der Waals surface area (Å²) in [6.45, 7) is 4.89. The number of ether oxygens (including phenoxy) is 1. The predicted octanol–water partition coefficient (Wildman–Crippen LogP) is 1.52. The minimum absolute atomic E-state index is 0.0352. The summed E-state index contributed by atoms with van der Waals surface area (Å²) in [5.74, 6) is 0.988. The molecule has 1 rings (SSSR count). The molecule has 0 aliphatic carbocycles. The van der Waals surface area contributed by atoms with E-state index >= 15 is 0 Å². The first-order valence-corrected chi connectivity index (χ1v) is 5.28. The van der Waals surface area contributed by atoms with E-state index < -0.39 is 0 Å². The number of rotatable bonds is 2. The molecule has 0 spiro atoms. The minimum Gasteiger partial charge on any atom is -0.379 e. The van der Waals surface area contributed by atoms with E-state index in [9.17, 15) is 4.79 Å². The number of hydrogen-bond acceptors (Lipinski definition) is 4. The van der Waals surface area contributed by atoms with Crippen LogP contribution in [0.5, 0.6) is 0 Å². The van der Waals surface area contributed by atoms with Crippen molar-refractivity contribution in [2.24, 2.45) is 0 Å². The van der Waals surface area contributed by atoms with Gasteiger partial charge in [0.1, 0.15) is 0 Å². The first-order valence-electron chi connectivity index (χ1n) is 3.35. The second-order valence-electron chi connectivity index (χ2n) is 2.02. The second-order valence-corrected chi connectivity index (χ2v) is 4.83. The standard InChI is InChI=1S/C7H10O2S2/c1-2-6(8)11-7-5-9-3-4-10-7/h2,7H,1,3-5H2. The van der Waals surface area contributed by atoms with Crippen LogP contribution in [0.3, 0.4) is 0 Å². The summed E-state index contributed by atoms with van der Waals surface area (Å²) in [7, 11) is 0. The van der Waals surface area contributed by atoms with E-state index in [4.69, 9.17) is 4.74 Å². The van der Waals surface area contributed by atoms with Crippen molar-refractivity contribution in [1.82, 2.24) is 0 Å². The van der Waals surface area contributed by atoms with E-state index in [1.807, 2.05) is 0 Å². The zero-order valence-corrected chi connectivity index (χ0v) is 7.75. The monoisotopic (exact) mass is 190 g/mol. The van der Waals surface area contributed by atoms with Gasteiger partial charge in [-0.2, -0.15) is 0 Å². The van der Waals surface area contributed by atoms with Crippen LogP contribution in [-0.4, -0.2) is 28.7 Å². The maximum atomic E-state index is 10.9. The smallest absolute Gasteiger partial charge is 0.212 e. The van der Waals surface area contributed by atoms with Gasteiger partial charge >= 0.3 is 0 Å². The van der Waals surface area contributed by atoms with Crippen LogP contribution >= 0.6 is 23.5 Å². The summed E-state index contributed by atoms with van der Waals surface area (Å²) in [6.07, 6.45) is 1.35. The maximum Gasteiger partial charge on any atom is 0.212 e. The second kappa shape index (κ2) is 4.85. The molecular weight excluding hydrogens is 180 g/mol. The van der Waals surface area contributed by atoms with Crippen LogP contribution in [0, 0.1) is 0 Å². The van der Waals surface area contributed by atoms with E-state index in [0.717, 1.165) is 12.4 Å². The first kappa shape index (κ1) is 9.16. The highest BCUT2D eigenvalue weighted by Crippen LogP contribution is 2.27. The molecule has 1 aliphatic rings. The third-order valence-corrected chi connectivity index (χ3v) is 3.60. The molecule has 0 amide bonds. The fourth-order valence-electron chi connectivity index (χ4n) is 0.712. The third-order valence-electron chi connectivity index (χ3n) is 1.20. The summed E-state index contributed by atoms with van der Waals surface area (Å²) >= 11 is 3.08. The van der Waals surface area contributed by atoms with Crippen LogP contribution in [0.4, 0.5) is 0 Å². The molecule has 0 saturated carbocycles. The molecule has 0 aromatic rings. The largest absolute Gasteiger partial charge is 0.379 e. The van der Waals surface area contributed by atoms with Gasteiger partial charge in [-0.25, -0.2) is 0 Å². The fraction of sp³-hybridized carbons (Fsp3) is 0.571. The molecular formula is C7H10O2S2. The lowest BCUT2D eigenvalue weighted by atomic mass is 10.7. The van der Waals surface area contributed by atoms with Gasteiger partial charge in [-0.15, -0.1) is 11.8 Å². The molecule has 1 heterocycles. The van der Waals surface area contributed by atoms with Crippen LogP contribution in [0.15, 0.2) is 12.7 Å². The van der Waals surface area contributed by atoms with Crippen molar-refractivity contribution in [3.05, 3.63) is 12.7 Å². The Balaban J connectivity index is 2.24. The summed E-state index contributed by atoms with van der Waals surface area (Å²) in [4.78, 5) is 10.9. The Kier molecular flexibility index (Phi) is 4.04. The Labute approximate surface area is 74.8 Å². The molecule has 1 atom stereocenters. The molecule has 0 aromatic heterocycles. The van der Waals surface area contributed by atoms with Crippen molar-refractivity contribution in [3.63, 3.8) is 0 Å². The highest BCUT2D eigenvalue weighted by molar-refractivity contribution is 8.25. The van der Waals surface area contributed by atoms with Gasteiger partial charge in [0.2, 0.25) is 5.12 Å². The van der Waals surface area contributed by atoms with Crippen LogP contribution in [0.25, 0.3) is 0 Å². The van der Waals surface area contributed by atoms with Crippen LogP contribution in [0.2, 0.25) is 0 Å². The summed E-state index contributed by atoms with van der Waals surface area (Å²) in [6, 6.07) is 0. The van der Waals surface area contributed by atoms with E-state index in [-0.39, 0.29) is 9.70 Å². The lowest BCUT2D eigenvalue weighted by Crippen LogP contribution is -2.18. The van der Waals surface area contributed by atoms with E-state index in [1.54, 1.807) is 11.8 Å². The van der Waals surface area contributed by atoms with Gasteiger partial charge in [-0.3, -0.25) is 4.79 Å². The average molecular weight is 190 g/mol. The van der Waals surface area contributed by atoms with E-state index in [1.165, 1.54) is 17.8 Å². The van der Waals surface area contributed by atoms with Crippen molar-refractivity contribution in [3.8, 4) is 0 Å². The van der Waals surface area contributed by atoms with Crippen molar-refractivity contribution in [2.75, 3.05) is 19.0 Å². The molecule has 0 bridgehead atoms. The zero-order chi connectivity index (χ0) is 8.10. The molecule has 1 unspecified atom stereocenters. The number of carbonyl (C=O) groups is 1. The lowest BCUT2D eigenvalue weighted by molar-refractivity contribution is -0.107. The molecule has 0 radical (unpaired) electrons. The van der Waals surface area contributed by atoms with Crippen molar-refractivity contribution >= 4 is 28.6 Å². The van der Waals surface area contributed by atoms with Gasteiger partial charge in [0.15, 0.2) is 0 Å². The number of thioether (sulfide) groups is 2. The fourth-order valence-corrected chi connectivity index (χ4v) is 2.75. The Morgan fingerprint density at radius 3 is 3.18 bits per heavy atom. The quantitative estimate of drug-likeness (QED) is 0.617. The highest BCUT2D eigenvalue weighted by Gasteiger charge is 2.16. The normalized spacial score (nSPS) is 24.5. The van der Waals surface area contributed by atoms with Crippen LogP contribution in [-0.2, 0) is 9.53 Å². The third kappa shape index (κ3) is 3.31. The van der Waals surface area contributed by atoms with Gasteiger partial charge in [-0.1, -0.05) is 18.3 Å². The van der Waals surface area contributed by atoms with Crippen LogP contribution < -0.4 is 0 Å². The Morgan fingerprint density at radius 2 is 2.64 bits per heavy atom. The van der Waals surface area contributed by atoms with Crippen molar-refractivity contribution in [1.29, 1.82) is 0 Å². The molecule has 1 saturated heterocycles. The highest BCUT2D eigenvalue weighted by atomic mass is 32.2. The van der Waals surface area contributed by atoms with Crippen LogP contribution in [0.1, 0.15) is 0 Å². The summed E-state index contributed by atoms with van der Waals surface area (Å²) < 4.78 is 5.47. The Morgan fingerprint density at radius 1 is 1.82 bits per heavy atom. The average Bonchev–Trinajstić information content (AvgIpc) is 2.06. The Hall–Kier alpha value is 0.0700. The SMILES string of the molecule is C=CC(=O)SC1COCCS1. The van der Waals surface area contributed by atoms with Gasteiger partial charge in [0.25, 0.3) is 0 Å². The number of carbonyl (C=O) groups excluding carboxylic acids is 1. The van der Waals surface area contributed by atoms with Crippen molar-refractivity contribution in [2.45, 2.75) is 4.58 Å². The zero-order valence-electron chi connectivity index (χ0n) is 6.12. The topological polar surface area (TPSA) is 26.3 Å². The maximum absolute atomic E-state index is 10.9. The number of hydrogen-bond donors (Lipinski definition) is 0. The molecule has 2 nitrogen and oxygen atoms in total. The van der Waals surface area contributed by atoms with E-state index in [2.05, 4.69) is 6.58 Å². The van der Waals surface area contributed by atoms with E-state index in [0.29, 0.717) is 6.61 Å². The first-order chi connectivity index (χ1) is 5.33. The predicted molar refractivity (Wildman–Crippen MR) is 49.9 cm³/mol. The Bertz CT molecular complexity index is 153. The summed E-state index contributed by atoms with van der Waals surface area (Å²) in [5, 5.41) is 0.0352. The van der Waals surface area contributed by atoms with Gasteiger partial charge in [0, 0.05) is 5.75 Å². The van der Waals surface area contributed by atoms with Crippen molar-refractivity contribution < 1.29 is 9.53 Å². The minimum atomic E-state index is 0.0352. The molecule has 1 fully saturated rings. The lowest BCUT2D eigenvalue weighted by Gasteiger charge is -2.19. The molecule has 4 heteroatoms. The molecule has 11 heavy (non-hydrogen) atoms. The van der Waals surface area contributed by atoms with Gasteiger partial charge in [-0.05, 0) is 6.08 Å². The molecule has 1 aliphatic heterocycles.